The Kier molecular flexibility index (Phi) is 5.65. The van der Waals surface area contributed by atoms with Crippen molar-refractivity contribution in [1.29, 1.82) is 0 Å². The number of fused-ring (bicyclic) bond motifs is 1. The highest BCUT2D eigenvalue weighted by Gasteiger charge is 2.37. The number of aliphatic hydroxyl groups is 2. The smallest absolute Gasteiger partial charge is 0.165 e. The van der Waals surface area contributed by atoms with Crippen LogP contribution in [0.1, 0.15) is 22.6 Å². The molecule has 29 heavy (non-hydrogen) atoms. The average molecular weight is 392 g/mol. The van der Waals surface area contributed by atoms with Gasteiger partial charge in [-0.05, 0) is 58.2 Å². The van der Waals surface area contributed by atoms with Crippen LogP contribution in [-0.4, -0.2) is 30.5 Å². The van der Waals surface area contributed by atoms with Crippen LogP contribution in [0, 0.1) is 17.7 Å². The summed E-state index contributed by atoms with van der Waals surface area (Å²) in [6, 6.07) is 21.4. The molecule has 0 radical (unpaired) electrons. The van der Waals surface area contributed by atoms with E-state index in [4.69, 9.17) is 4.74 Å². The van der Waals surface area contributed by atoms with Crippen molar-refractivity contribution in [3.63, 3.8) is 0 Å². The van der Waals surface area contributed by atoms with Crippen molar-refractivity contribution in [3.05, 3.63) is 89.2 Å². The Bertz CT molecular complexity index is 987. The zero-order valence-electron chi connectivity index (χ0n) is 16.4. The van der Waals surface area contributed by atoms with E-state index in [9.17, 15) is 14.6 Å². The van der Waals surface area contributed by atoms with E-state index in [-0.39, 0.29) is 36.7 Å². The third-order valence-corrected chi connectivity index (χ3v) is 6.08. The molecule has 3 nitrogen and oxygen atoms in total. The van der Waals surface area contributed by atoms with E-state index in [0.29, 0.717) is 6.42 Å². The SMILES string of the molecule is COc1cc(C2c3cc(-c4ccccc4)ccc3C[C@H](CO)[C@H]2CO)ccc1F. The van der Waals surface area contributed by atoms with Crippen molar-refractivity contribution >= 4 is 0 Å². The summed E-state index contributed by atoms with van der Waals surface area (Å²) < 4.78 is 19.2. The second kappa shape index (κ2) is 8.36. The predicted molar refractivity (Wildman–Crippen MR) is 112 cm³/mol. The first-order valence-electron chi connectivity index (χ1n) is 9.89. The van der Waals surface area contributed by atoms with E-state index in [2.05, 4.69) is 30.3 Å². The fourth-order valence-electron chi connectivity index (χ4n) is 4.57. The first-order valence-corrected chi connectivity index (χ1v) is 9.89. The topological polar surface area (TPSA) is 49.7 Å². The fourth-order valence-corrected chi connectivity index (χ4v) is 4.57. The standard InChI is InChI=1S/C25H25FO3/c1-29-24-13-19(9-10-23(24)26)25-21-12-17(16-5-3-2-4-6-16)7-8-18(21)11-20(14-27)22(25)15-28/h2-10,12-13,20,22,25,27-28H,11,14-15H2,1H3/t20-,22-,25?/m1/s1. The van der Waals surface area contributed by atoms with Crippen LogP contribution < -0.4 is 4.74 Å². The minimum Gasteiger partial charge on any atom is -0.494 e. The van der Waals surface area contributed by atoms with Crippen LogP contribution in [0.4, 0.5) is 4.39 Å². The molecule has 150 valence electrons. The average Bonchev–Trinajstić information content (AvgIpc) is 2.78. The molecule has 0 heterocycles. The molecular weight excluding hydrogens is 367 g/mol. The molecule has 2 N–H and O–H groups in total. The molecule has 0 fully saturated rings. The van der Waals surface area contributed by atoms with Gasteiger partial charge in [-0.3, -0.25) is 0 Å². The van der Waals surface area contributed by atoms with Crippen LogP contribution >= 0.6 is 0 Å². The summed E-state index contributed by atoms with van der Waals surface area (Å²) in [5.41, 5.74) is 5.37. The molecule has 0 amide bonds. The number of halogens is 1. The molecule has 1 aliphatic carbocycles. The van der Waals surface area contributed by atoms with Crippen LogP contribution in [-0.2, 0) is 6.42 Å². The number of ether oxygens (including phenoxy) is 1. The molecule has 3 aromatic rings. The molecule has 1 unspecified atom stereocenters. The van der Waals surface area contributed by atoms with E-state index in [1.165, 1.54) is 13.2 Å². The number of hydrogen-bond acceptors (Lipinski definition) is 3. The number of benzene rings is 3. The fraction of sp³-hybridized carbons (Fsp3) is 0.280. The molecule has 0 aliphatic heterocycles. The zero-order chi connectivity index (χ0) is 20.4. The quantitative estimate of drug-likeness (QED) is 0.676. The molecule has 0 aromatic heterocycles. The first kappa shape index (κ1) is 19.6. The molecular formula is C25H25FO3. The van der Waals surface area contributed by atoms with Crippen LogP contribution in [0.5, 0.6) is 5.75 Å². The summed E-state index contributed by atoms with van der Waals surface area (Å²) in [6.07, 6.45) is 0.709. The maximum Gasteiger partial charge on any atom is 0.165 e. The van der Waals surface area contributed by atoms with E-state index >= 15 is 0 Å². The molecule has 0 saturated heterocycles. The summed E-state index contributed by atoms with van der Waals surface area (Å²) in [5, 5.41) is 20.2. The molecule has 4 rings (SSSR count). The lowest BCUT2D eigenvalue weighted by Crippen LogP contribution is -2.35. The van der Waals surface area contributed by atoms with Gasteiger partial charge in [-0.2, -0.15) is 0 Å². The Morgan fingerprint density at radius 1 is 0.931 bits per heavy atom. The second-order valence-corrected chi connectivity index (χ2v) is 7.64. The minimum atomic E-state index is -0.412. The first-order chi connectivity index (χ1) is 14.2. The van der Waals surface area contributed by atoms with Gasteiger partial charge in [0.1, 0.15) is 0 Å². The summed E-state index contributed by atoms with van der Waals surface area (Å²) >= 11 is 0. The third kappa shape index (κ3) is 3.66. The maximum atomic E-state index is 14.0. The maximum absolute atomic E-state index is 14.0. The molecule has 4 heteroatoms. The van der Waals surface area contributed by atoms with Crippen LogP contribution in [0.2, 0.25) is 0 Å². The molecule has 0 bridgehead atoms. The van der Waals surface area contributed by atoms with Crippen molar-refractivity contribution in [2.24, 2.45) is 11.8 Å². The number of methoxy groups -OCH3 is 1. The van der Waals surface area contributed by atoms with Gasteiger partial charge in [0.15, 0.2) is 11.6 Å². The summed E-state index contributed by atoms with van der Waals surface area (Å²) in [6.45, 7) is -0.0511. The van der Waals surface area contributed by atoms with E-state index in [1.807, 2.05) is 18.2 Å². The van der Waals surface area contributed by atoms with Gasteiger partial charge in [-0.1, -0.05) is 54.6 Å². The van der Waals surface area contributed by atoms with Gasteiger partial charge < -0.3 is 14.9 Å². The van der Waals surface area contributed by atoms with E-state index < -0.39 is 5.82 Å². The van der Waals surface area contributed by atoms with Gasteiger partial charge in [-0.25, -0.2) is 4.39 Å². The lowest BCUT2D eigenvalue weighted by Gasteiger charge is -2.39. The normalized spacial score (nSPS) is 20.9. The largest absolute Gasteiger partial charge is 0.494 e. The molecule has 0 spiro atoms. The Hall–Kier alpha value is -2.69. The van der Waals surface area contributed by atoms with Gasteiger partial charge in [0, 0.05) is 19.1 Å². The van der Waals surface area contributed by atoms with Gasteiger partial charge in [0.05, 0.1) is 7.11 Å². The third-order valence-electron chi connectivity index (χ3n) is 6.08. The Morgan fingerprint density at radius 2 is 1.72 bits per heavy atom. The Morgan fingerprint density at radius 3 is 2.41 bits per heavy atom. The summed E-state index contributed by atoms with van der Waals surface area (Å²) in [7, 11) is 1.45. The number of hydrogen-bond donors (Lipinski definition) is 2. The van der Waals surface area contributed by atoms with Crippen molar-refractivity contribution < 1.29 is 19.3 Å². The highest BCUT2D eigenvalue weighted by Crippen LogP contribution is 2.45. The molecule has 3 atom stereocenters. The van der Waals surface area contributed by atoms with Gasteiger partial charge in [0.2, 0.25) is 0 Å². The summed E-state index contributed by atoms with van der Waals surface area (Å²) in [4.78, 5) is 0. The van der Waals surface area contributed by atoms with Crippen LogP contribution in [0.25, 0.3) is 11.1 Å². The minimum absolute atomic E-state index is 0.0000665. The highest BCUT2D eigenvalue weighted by atomic mass is 19.1. The number of aliphatic hydroxyl groups excluding tert-OH is 2. The van der Waals surface area contributed by atoms with Gasteiger partial charge >= 0.3 is 0 Å². The van der Waals surface area contributed by atoms with Crippen molar-refractivity contribution in [1.82, 2.24) is 0 Å². The second-order valence-electron chi connectivity index (χ2n) is 7.64. The predicted octanol–water partition coefficient (Wildman–Crippen LogP) is 4.41. The van der Waals surface area contributed by atoms with Gasteiger partial charge in [0.25, 0.3) is 0 Å². The van der Waals surface area contributed by atoms with Crippen LogP contribution in [0.3, 0.4) is 0 Å². The van der Waals surface area contributed by atoms with E-state index in [0.717, 1.165) is 27.8 Å². The van der Waals surface area contributed by atoms with Crippen molar-refractivity contribution in [2.75, 3.05) is 20.3 Å². The molecule has 0 saturated carbocycles. The zero-order valence-corrected chi connectivity index (χ0v) is 16.4. The number of rotatable bonds is 5. The van der Waals surface area contributed by atoms with Crippen molar-refractivity contribution in [3.8, 4) is 16.9 Å². The van der Waals surface area contributed by atoms with Crippen LogP contribution in [0.15, 0.2) is 66.7 Å². The molecule has 1 aliphatic rings. The molecule has 3 aromatic carbocycles. The van der Waals surface area contributed by atoms with Crippen molar-refractivity contribution in [2.45, 2.75) is 12.3 Å². The summed E-state index contributed by atoms with van der Waals surface area (Å²) in [5.74, 6) is -0.598. The van der Waals surface area contributed by atoms with E-state index in [1.54, 1.807) is 12.1 Å². The monoisotopic (exact) mass is 392 g/mol. The van der Waals surface area contributed by atoms with Gasteiger partial charge in [-0.15, -0.1) is 0 Å². The lowest BCUT2D eigenvalue weighted by molar-refractivity contribution is 0.101. The highest BCUT2D eigenvalue weighted by molar-refractivity contribution is 5.66. The Labute approximate surface area is 170 Å². The Balaban J connectivity index is 1.88. The lowest BCUT2D eigenvalue weighted by atomic mass is 9.66.